The van der Waals surface area contributed by atoms with Crippen molar-refractivity contribution < 1.29 is 24.0 Å². The summed E-state index contributed by atoms with van der Waals surface area (Å²) < 4.78 is 10.8. The molecule has 0 spiro atoms. The second kappa shape index (κ2) is 7.24. The van der Waals surface area contributed by atoms with E-state index in [4.69, 9.17) is 20.1 Å². The summed E-state index contributed by atoms with van der Waals surface area (Å²) in [5.41, 5.74) is 5.57. The smallest absolute Gasteiger partial charge is 0.509 e. The first kappa shape index (κ1) is 16.3. The number of fused-ring (bicyclic) bond motifs is 1. The number of hydrogen-bond donors (Lipinski definition) is 2. The predicted octanol–water partition coefficient (Wildman–Crippen LogP) is -0.758. The van der Waals surface area contributed by atoms with Crippen molar-refractivity contribution in [1.29, 1.82) is 0 Å². The molecule has 3 N–H and O–H groups in total. The lowest BCUT2D eigenvalue weighted by molar-refractivity contribution is -0.142. The van der Waals surface area contributed by atoms with E-state index in [-0.39, 0.29) is 30.3 Å². The standard InChI is InChI=1S/C13H23BN2O5/c1-2-20-14-5-3-4-9-6-16(12(18)11(15)8-17)7-10(9)13(19)21-14/h9-11,17H,2-8,15H2,1H3/t9?,10?,11-/m0/s1. The number of carbonyl (C=O) groups is 2. The monoisotopic (exact) mass is 298 g/mol. The van der Waals surface area contributed by atoms with Crippen LogP contribution in [0.25, 0.3) is 0 Å². The maximum absolute atomic E-state index is 12.2. The number of rotatable bonds is 4. The number of hydrogen-bond acceptors (Lipinski definition) is 6. The summed E-state index contributed by atoms with van der Waals surface area (Å²) in [7, 11) is -0.479. The minimum absolute atomic E-state index is 0.106. The van der Waals surface area contributed by atoms with Crippen LogP contribution in [0.5, 0.6) is 0 Å². The van der Waals surface area contributed by atoms with E-state index in [9.17, 15) is 9.59 Å². The molecular formula is C13H23BN2O5. The maximum atomic E-state index is 12.2. The fourth-order valence-electron chi connectivity index (χ4n) is 3.05. The molecule has 2 rings (SSSR count). The quantitative estimate of drug-likeness (QED) is 0.662. The van der Waals surface area contributed by atoms with Gasteiger partial charge in [0, 0.05) is 19.7 Å². The normalized spacial score (nSPS) is 27.7. The van der Waals surface area contributed by atoms with E-state index >= 15 is 0 Å². The van der Waals surface area contributed by atoms with Gasteiger partial charge >= 0.3 is 7.12 Å². The summed E-state index contributed by atoms with van der Waals surface area (Å²) in [4.78, 5) is 25.8. The first-order chi connectivity index (χ1) is 10.1. The predicted molar refractivity (Wildman–Crippen MR) is 76.1 cm³/mol. The van der Waals surface area contributed by atoms with Gasteiger partial charge in [0.25, 0.3) is 5.97 Å². The zero-order chi connectivity index (χ0) is 15.4. The molecular weight excluding hydrogens is 275 g/mol. The van der Waals surface area contributed by atoms with Crippen molar-refractivity contribution in [3.63, 3.8) is 0 Å². The Morgan fingerprint density at radius 2 is 2.38 bits per heavy atom. The Bertz CT molecular complexity index is 395. The van der Waals surface area contributed by atoms with Crippen LogP contribution in [-0.2, 0) is 18.9 Å². The van der Waals surface area contributed by atoms with E-state index in [1.54, 1.807) is 4.90 Å². The van der Waals surface area contributed by atoms with Gasteiger partial charge in [0.05, 0.1) is 12.5 Å². The fourth-order valence-corrected chi connectivity index (χ4v) is 3.05. The maximum Gasteiger partial charge on any atom is 0.527 e. The molecule has 2 saturated heterocycles. The van der Waals surface area contributed by atoms with Crippen molar-refractivity contribution in [3.05, 3.63) is 0 Å². The molecule has 7 nitrogen and oxygen atoms in total. The molecule has 118 valence electrons. The van der Waals surface area contributed by atoms with Gasteiger partial charge < -0.3 is 25.0 Å². The largest absolute Gasteiger partial charge is 0.527 e. The summed E-state index contributed by atoms with van der Waals surface area (Å²) in [5.74, 6) is -0.817. The molecule has 0 aromatic heterocycles. The van der Waals surface area contributed by atoms with E-state index < -0.39 is 13.2 Å². The number of carbonyl (C=O) groups excluding carboxylic acids is 2. The van der Waals surface area contributed by atoms with Gasteiger partial charge in [0.2, 0.25) is 5.91 Å². The van der Waals surface area contributed by atoms with E-state index in [0.29, 0.717) is 26.0 Å². The molecule has 0 bridgehead atoms. The molecule has 21 heavy (non-hydrogen) atoms. The van der Waals surface area contributed by atoms with Crippen LogP contribution in [0.4, 0.5) is 0 Å². The van der Waals surface area contributed by atoms with Crippen LogP contribution in [0.1, 0.15) is 19.8 Å². The minimum atomic E-state index is -0.915. The summed E-state index contributed by atoms with van der Waals surface area (Å²) >= 11 is 0. The topological polar surface area (TPSA) is 102 Å². The van der Waals surface area contributed by atoms with E-state index in [0.717, 1.165) is 12.8 Å². The molecule has 0 saturated carbocycles. The van der Waals surface area contributed by atoms with Crippen molar-refractivity contribution in [2.45, 2.75) is 32.1 Å². The Hall–Kier alpha value is -1.12. The Morgan fingerprint density at radius 3 is 3.05 bits per heavy atom. The van der Waals surface area contributed by atoms with E-state index in [2.05, 4.69) is 0 Å². The second-order valence-electron chi connectivity index (χ2n) is 5.65. The van der Waals surface area contributed by atoms with Gasteiger partial charge in [-0.3, -0.25) is 9.59 Å². The van der Waals surface area contributed by atoms with Crippen LogP contribution in [0.3, 0.4) is 0 Å². The van der Waals surface area contributed by atoms with Crippen molar-refractivity contribution in [1.82, 2.24) is 4.90 Å². The highest BCUT2D eigenvalue weighted by Crippen LogP contribution is 2.32. The number of amides is 1. The molecule has 0 radical (unpaired) electrons. The molecule has 3 atom stereocenters. The summed E-state index contributed by atoms with van der Waals surface area (Å²) in [6.45, 7) is 2.80. The summed E-state index contributed by atoms with van der Waals surface area (Å²) in [6.07, 6.45) is 2.45. The van der Waals surface area contributed by atoms with Gasteiger partial charge in [0.1, 0.15) is 6.04 Å². The number of aliphatic hydroxyl groups is 1. The third-order valence-corrected chi connectivity index (χ3v) is 4.18. The molecule has 0 aromatic carbocycles. The number of nitrogens with zero attached hydrogens (tertiary/aromatic N) is 1. The molecule has 2 aliphatic heterocycles. The van der Waals surface area contributed by atoms with Crippen molar-refractivity contribution >= 4 is 19.0 Å². The second-order valence-corrected chi connectivity index (χ2v) is 5.65. The highest BCUT2D eigenvalue weighted by Gasteiger charge is 2.43. The number of likely N-dealkylation sites (tertiary alicyclic amines) is 1. The molecule has 2 heterocycles. The van der Waals surface area contributed by atoms with Crippen molar-refractivity contribution in [2.24, 2.45) is 17.6 Å². The fraction of sp³-hybridized carbons (Fsp3) is 0.846. The SMILES string of the molecule is CCOB1CCCC2CN(C(=O)[C@@H](N)CO)CC2C(=O)O1. The first-order valence-electron chi connectivity index (χ1n) is 7.54. The zero-order valence-corrected chi connectivity index (χ0v) is 12.4. The van der Waals surface area contributed by atoms with Crippen molar-refractivity contribution in [3.8, 4) is 0 Å². The van der Waals surface area contributed by atoms with Crippen LogP contribution in [0.15, 0.2) is 0 Å². The third-order valence-electron chi connectivity index (χ3n) is 4.18. The summed E-state index contributed by atoms with van der Waals surface area (Å²) in [5, 5.41) is 8.98. The molecule has 1 amide bonds. The van der Waals surface area contributed by atoms with Crippen LogP contribution in [0.2, 0.25) is 6.32 Å². The molecule has 0 aliphatic carbocycles. The first-order valence-corrected chi connectivity index (χ1v) is 7.54. The van der Waals surface area contributed by atoms with Gasteiger partial charge in [-0.1, -0.05) is 6.42 Å². The van der Waals surface area contributed by atoms with Crippen LogP contribution < -0.4 is 5.73 Å². The van der Waals surface area contributed by atoms with Gasteiger partial charge in [-0.2, -0.15) is 0 Å². The molecule has 2 aliphatic rings. The number of aliphatic hydroxyl groups excluding tert-OH is 1. The van der Waals surface area contributed by atoms with E-state index in [1.165, 1.54) is 0 Å². The molecule has 0 aromatic rings. The molecule has 8 heteroatoms. The average molecular weight is 298 g/mol. The van der Waals surface area contributed by atoms with Gasteiger partial charge in [-0.05, 0) is 25.6 Å². The Kier molecular flexibility index (Phi) is 5.61. The lowest BCUT2D eigenvalue weighted by Gasteiger charge is -2.23. The van der Waals surface area contributed by atoms with E-state index in [1.807, 2.05) is 6.92 Å². The van der Waals surface area contributed by atoms with Gasteiger partial charge in [-0.25, -0.2) is 0 Å². The Balaban J connectivity index is 2.01. The number of nitrogens with two attached hydrogens (primary N) is 1. The average Bonchev–Trinajstić information content (AvgIpc) is 2.88. The highest BCUT2D eigenvalue weighted by atomic mass is 16.6. The summed E-state index contributed by atoms with van der Waals surface area (Å²) in [6, 6.07) is -0.915. The Morgan fingerprint density at radius 1 is 1.62 bits per heavy atom. The third kappa shape index (κ3) is 3.75. The lowest BCUT2D eigenvalue weighted by atomic mass is 9.77. The molecule has 2 unspecified atom stereocenters. The zero-order valence-electron chi connectivity index (χ0n) is 12.4. The molecule has 2 fully saturated rings. The van der Waals surface area contributed by atoms with Crippen LogP contribution in [0, 0.1) is 11.8 Å². The van der Waals surface area contributed by atoms with Crippen LogP contribution in [-0.4, -0.2) is 61.3 Å². The lowest BCUT2D eigenvalue weighted by Crippen LogP contribution is -2.45. The van der Waals surface area contributed by atoms with Gasteiger partial charge in [-0.15, -0.1) is 0 Å². The Labute approximate surface area is 124 Å². The highest BCUT2D eigenvalue weighted by molar-refractivity contribution is 6.46. The minimum Gasteiger partial charge on any atom is -0.509 e. The van der Waals surface area contributed by atoms with Gasteiger partial charge in [0.15, 0.2) is 0 Å². The van der Waals surface area contributed by atoms with Crippen LogP contribution >= 0.6 is 0 Å². The van der Waals surface area contributed by atoms with Crippen molar-refractivity contribution in [2.75, 3.05) is 26.3 Å².